The molecule has 96 valence electrons. The summed E-state index contributed by atoms with van der Waals surface area (Å²) in [6.45, 7) is 3.92. The molecule has 4 heteroatoms. The highest BCUT2D eigenvalue weighted by Crippen LogP contribution is 2.24. The monoisotopic (exact) mass is 246 g/mol. The van der Waals surface area contributed by atoms with E-state index in [1.165, 1.54) is 7.11 Å². The largest absolute Gasteiger partial charge is 0.465 e. The van der Waals surface area contributed by atoms with Crippen molar-refractivity contribution in [3.8, 4) is 0 Å². The van der Waals surface area contributed by atoms with Crippen molar-refractivity contribution < 1.29 is 9.53 Å². The zero-order valence-corrected chi connectivity index (χ0v) is 11.0. The summed E-state index contributed by atoms with van der Waals surface area (Å²) in [7, 11) is 1.40. The van der Waals surface area contributed by atoms with Crippen LogP contribution in [0.15, 0.2) is 24.3 Å². The van der Waals surface area contributed by atoms with Crippen molar-refractivity contribution in [3.05, 3.63) is 41.3 Å². The molecule has 4 nitrogen and oxygen atoms in total. The molecule has 0 aromatic carbocycles. The Kier molecular flexibility index (Phi) is 3.65. The second kappa shape index (κ2) is 5.21. The highest BCUT2D eigenvalue weighted by molar-refractivity contribution is 5.91. The van der Waals surface area contributed by atoms with Crippen LogP contribution in [-0.4, -0.2) is 22.9 Å². The van der Waals surface area contributed by atoms with Gasteiger partial charge in [-0.1, -0.05) is 31.2 Å². The Hall–Kier alpha value is -1.84. The van der Waals surface area contributed by atoms with Crippen molar-refractivity contribution in [2.45, 2.75) is 32.7 Å². The molecule has 0 spiro atoms. The average Bonchev–Trinajstić information content (AvgIpc) is 2.76. The van der Waals surface area contributed by atoms with Gasteiger partial charge in [-0.2, -0.15) is 5.10 Å². The van der Waals surface area contributed by atoms with E-state index in [1.807, 2.05) is 30.7 Å². The molecule has 1 aromatic heterocycles. The molecule has 1 aliphatic rings. The number of methoxy groups -OCH3 is 1. The maximum absolute atomic E-state index is 11.8. The fourth-order valence-electron chi connectivity index (χ4n) is 2.27. The van der Waals surface area contributed by atoms with Gasteiger partial charge in [0.2, 0.25) is 0 Å². The number of rotatable bonds is 3. The van der Waals surface area contributed by atoms with E-state index in [9.17, 15) is 4.79 Å². The highest BCUT2D eigenvalue weighted by Gasteiger charge is 2.23. The van der Waals surface area contributed by atoms with Gasteiger partial charge < -0.3 is 4.74 Å². The number of esters is 1. The summed E-state index contributed by atoms with van der Waals surface area (Å²) >= 11 is 0. The van der Waals surface area contributed by atoms with Gasteiger partial charge in [0.05, 0.1) is 24.5 Å². The van der Waals surface area contributed by atoms with Crippen LogP contribution in [0.1, 0.15) is 41.1 Å². The molecule has 0 N–H and O–H groups in total. The van der Waals surface area contributed by atoms with Crippen molar-refractivity contribution in [3.63, 3.8) is 0 Å². The summed E-state index contributed by atoms with van der Waals surface area (Å²) in [5, 5.41) is 4.55. The molecule has 1 aromatic rings. The van der Waals surface area contributed by atoms with Gasteiger partial charge in [0, 0.05) is 0 Å². The Morgan fingerprint density at radius 2 is 2.33 bits per heavy atom. The molecule has 1 heterocycles. The summed E-state index contributed by atoms with van der Waals surface area (Å²) in [6.07, 6.45) is 9.87. The standard InChI is InChI=1S/C14H18N2O2/c1-4-12-13(14(17)18-3)10(2)16(15-12)11-8-6-5-7-9-11/h5-8,11H,4,9H2,1-3H3. The zero-order chi connectivity index (χ0) is 13.1. The number of aryl methyl sites for hydroxylation is 1. The molecule has 0 saturated heterocycles. The van der Waals surface area contributed by atoms with E-state index in [0.29, 0.717) is 5.56 Å². The fraction of sp³-hybridized carbons (Fsp3) is 0.429. The fourth-order valence-corrected chi connectivity index (χ4v) is 2.27. The summed E-state index contributed by atoms with van der Waals surface area (Å²) < 4.78 is 6.76. The molecule has 0 radical (unpaired) electrons. The molecule has 0 aliphatic heterocycles. The molecule has 0 amide bonds. The predicted octanol–water partition coefficient (Wildman–Crippen LogP) is 2.60. The minimum absolute atomic E-state index is 0.193. The third-order valence-electron chi connectivity index (χ3n) is 3.22. The molecule has 0 fully saturated rings. The van der Waals surface area contributed by atoms with Crippen molar-refractivity contribution in [1.82, 2.24) is 9.78 Å². The van der Waals surface area contributed by atoms with E-state index in [1.54, 1.807) is 0 Å². The van der Waals surface area contributed by atoms with Crippen LogP contribution in [0.5, 0.6) is 0 Å². The quantitative estimate of drug-likeness (QED) is 0.770. The van der Waals surface area contributed by atoms with Crippen LogP contribution in [0.25, 0.3) is 0 Å². The van der Waals surface area contributed by atoms with E-state index >= 15 is 0 Å². The van der Waals surface area contributed by atoms with Crippen LogP contribution < -0.4 is 0 Å². The van der Waals surface area contributed by atoms with Gasteiger partial charge in [-0.3, -0.25) is 4.68 Å². The Morgan fingerprint density at radius 3 is 2.89 bits per heavy atom. The number of allylic oxidation sites excluding steroid dienone is 4. The number of nitrogens with zero attached hydrogens (tertiary/aromatic N) is 2. The molecular formula is C14H18N2O2. The van der Waals surface area contributed by atoms with Crippen molar-refractivity contribution in [1.29, 1.82) is 0 Å². The molecule has 2 rings (SSSR count). The summed E-state index contributed by atoms with van der Waals surface area (Å²) in [4.78, 5) is 11.8. The third-order valence-corrected chi connectivity index (χ3v) is 3.22. The first-order valence-corrected chi connectivity index (χ1v) is 6.18. The van der Waals surface area contributed by atoms with E-state index in [-0.39, 0.29) is 12.0 Å². The number of carbonyl (C=O) groups is 1. The second-order valence-electron chi connectivity index (χ2n) is 4.31. The maximum atomic E-state index is 11.8. The van der Waals surface area contributed by atoms with Gasteiger partial charge in [0.15, 0.2) is 0 Å². The molecule has 1 aliphatic carbocycles. The van der Waals surface area contributed by atoms with Gasteiger partial charge in [-0.05, 0) is 19.8 Å². The Bertz CT molecular complexity index is 512. The lowest BCUT2D eigenvalue weighted by Crippen LogP contribution is -2.12. The lowest BCUT2D eigenvalue weighted by molar-refractivity contribution is 0.0598. The van der Waals surface area contributed by atoms with Crippen LogP contribution in [0.2, 0.25) is 0 Å². The van der Waals surface area contributed by atoms with Crippen molar-refractivity contribution >= 4 is 5.97 Å². The van der Waals surface area contributed by atoms with E-state index in [4.69, 9.17) is 4.74 Å². The predicted molar refractivity (Wildman–Crippen MR) is 69.6 cm³/mol. The maximum Gasteiger partial charge on any atom is 0.341 e. The summed E-state index contributed by atoms with van der Waals surface area (Å²) in [5.74, 6) is -0.300. The average molecular weight is 246 g/mol. The Labute approximate surface area is 107 Å². The lowest BCUT2D eigenvalue weighted by Gasteiger charge is -2.15. The van der Waals surface area contributed by atoms with Crippen LogP contribution in [-0.2, 0) is 11.2 Å². The van der Waals surface area contributed by atoms with E-state index < -0.39 is 0 Å². The van der Waals surface area contributed by atoms with Crippen LogP contribution >= 0.6 is 0 Å². The molecular weight excluding hydrogens is 228 g/mol. The number of hydrogen-bond acceptors (Lipinski definition) is 3. The highest BCUT2D eigenvalue weighted by atomic mass is 16.5. The minimum Gasteiger partial charge on any atom is -0.465 e. The number of aromatic nitrogens is 2. The van der Waals surface area contributed by atoms with Crippen LogP contribution in [0.4, 0.5) is 0 Å². The van der Waals surface area contributed by atoms with Gasteiger partial charge >= 0.3 is 5.97 Å². The molecule has 18 heavy (non-hydrogen) atoms. The minimum atomic E-state index is -0.300. The van der Waals surface area contributed by atoms with Crippen molar-refractivity contribution in [2.24, 2.45) is 0 Å². The summed E-state index contributed by atoms with van der Waals surface area (Å²) in [6, 6.07) is 0.193. The first-order chi connectivity index (χ1) is 8.69. The molecule has 0 bridgehead atoms. The topological polar surface area (TPSA) is 44.1 Å². The molecule has 1 atom stereocenters. The Balaban J connectivity index is 2.44. The first-order valence-electron chi connectivity index (χ1n) is 6.18. The van der Waals surface area contributed by atoms with Gasteiger partial charge in [-0.25, -0.2) is 4.79 Å². The Morgan fingerprint density at radius 1 is 1.56 bits per heavy atom. The summed E-state index contributed by atoms with van der Waals surface area (Å²) in [5.41, 5.74) is 2.30. The SMILES string of the molecule is CCc1nn(C2C=CC=CC2)c(C)c1C(=O)OC. The van der Waals surface area contributed by atoms with Gasteiger partial charge in [-0.15, -0.1) is 0 Å². The molecule has 1 unspecified atom stereocenters. The number of carbonyl (C=O) groups excluding carboxylic acids is 1. The van der Waals surface area contributed by atoms with Gasteiger partial charge in [0.1, 0.15) is 5.56 Å². The molecule has 0 saturated carbocycles. The smallest absolute Gasteiger partial charge is 0.341 e. The first kappa shape index (κ1) is 12.6. The van der Waals surface area contributed by atoms with Crippen molar-refractivity contribution in [2.75, 3.05) is 7.11 Å². The zero-order valence-electron chi connectivity index (χ0n) is 11.0. The lowest BCUT2D eigenvalue weighted by atomic mass is 10.1. The van der Waals surface area contributed by atoms with Crippen LogP contribution in [0.3, 0.4) is 0 Å². The number of hydrogen-bond donors (Lipinski definition) is 0. The number of ether oxygens (including phenoxy) is 1. The third kappa shape index (κ3) is 2.10. The second-order valence-corrected chi connectivity index (χ2v) is 4.31. The van der Waals surface area contributed by atoms with E-state index in [0.717, 1.165) is 24.2 Å². The van der Waals surface area contributed by atoms with Gasteiger partial charge in [0.25, 0.3) is 0 Å². The van der Waals surface area contributed by atoms with E-state index in [2.05, 4.69) is 17.3 Å². The normalized spacial score (nSPS) is 18.1. The van der Waals surface area contributed by atoms with Crippen LogP contribution in [0, 0.1) is 6.92 Å².